The molecule has 0 atom stereocenters. The van der Waals surface area contributed by atoms with E-state index in [0.717, 1.165) is 12.8 Å². The molecule has 1 aliphatic rings. The van der Waals surface area contributed by atoms with Crippen LogP contribution in [0.25, 0.3) is 0 Å². The minimum Gasteiger partial charge on any atom is -0.207 e. The predicted octanol–water partition coefficient (Wildman–Crippen LogP) is 3.37. The zero-order valence-electron chi connectivity index (χ0n) is 11.8. The lowest BCUT2D eigenvalue weighted by Gasteiger charge is -2.21. The minimum atomic E-state index is -3.31. The van der Waals surface area contributed by atoms with E-state index in [1.165, 1.54) is 18.4 Å². The summed E-state index contributed by atoms with van der Waals surface area (Å²) in [5, 5.41) is 0. The first-order chi connectivity index (χ1) is 9.09. The fraction of sp³-hybridized carbons (Fsp3) is 0.600. The molecule has 2 rings (SSSR count). The molecule has 1 fully saturated rings. The molecule has 0 unspecified atom stereocenters. The van der Waals surface area contributed by atoms with E-state index < -0.39 is 10.0 Å². The number of hydrogen-bond acceptors (Lipinski definition) is 2. The van der Waals surface area contributed by atoms with Gasteiger partial charge in [-0.3, -0.25) is 0 Å². The second kappa shape index (κ2) is 6.06. The van der Waals surface area contributed by atoms with Crippen molar-refractivity contribution < 1.29 is 8.42 Å². The Morgan fingerprint density at radius 3 is 2.00 bits per heavy atom. The highest BCUT2D eigenvalue weighted by Gasteiger charge is 2.26. The smallest absolute Gasteiger partial charge is 0.207 e. The highest BCUT2D eigenvalue weighted by Crippen LogP contribution is 2.40. The van der Waals surface area contributed by atoms with Crippen LogP contribution in [0.5, 0.6) is 0 Å². The molecule has 3 nitrogen and oxygen atoms in total. The van der Waals surface area contributed by atoms with Crippen LogP contribution in [0.1, 0.15) is 51.0 Å². The third kappa shape index (κ3) is 3.37. The molecule has 0 spiro atoms. The fourth-order valence-corrected chi connectivity index (χ4v) is 3.95. The first-order valence-electron chi connectivity index (χ1n) is 7.19. The first-order valence-corrected chi connectivity index (χ1v) is 8.63. The van der Waals surface area contributed by atoms with Crippen molar-refractivity contribution in [2.45, 2.75) is 50.3 Å². The summed E-state index contributed by atoms with van der Waals surface area (Å²) in [5.74, 6) is 0.666. The summed E-state index contributed by atoms with van der Waals surface area (Å²) in [7, 11) is -3.31. The van der Waals surface area contributed by atoms with Crippen LogP contribution in [0, 0.1) is 0 Å². The van der Waals surface area contributed by atoms with Crippen molar-refractivity contribution in [3.05, 3.63) is 29.8 Å². The molecular weight excluding hydrogens is 258 g/mol. The van der Waals surface area contributed by atoms with E-state index in [0.29, 0.717) is 23.9 Å². The van der Waals surface area contributed by atoms with E-state index in [1.54, 1.807) is 16.4 Å². The summed E-state index contributed by atoms with van der Waals surface area (Å²) in [5.41, 5.74) is 1.27. The molecule has 1 aliphatic carbocycles. The van der Waals surface area contributed by atoms with Gasteiger partial charge in [-0.05, 0) is 49.3 Å². The highest BCUT2D eigenvalue weighted by molar-refractivity contribution is 7.89. The Morgan fingerprint density at radius 1 is 1.05 bits per heavy atom. The Labute approximate surface area is 116 Å². The molecule has 0 heterocycles. The van der Waals surface area contributed by atoms with Crippen LogP contribution in [0.2, 0.25) is 0 Å². The van der Waals surface area contributed by atoms with Crippen LogP contribution < -0.4 is 0 Å². The van der Waals surface area contributed by atoms with Gasteiger partial charge in [0.1, 0.15) is 0 Å². The quantitative estimate of drug-likeness (QED) is 0.768. The van der Waals surface area contributed by atoms with E-state index in [2.05, 4.69) is 0 Å². The molecule has 0 aromatic heterocycles. The highest BCUT2D eigenvalue weighted by atomic mass is 32.2. The number of hydrogen-bond donors (Lipinski definition) is 0. The topological polar surface area (TPSA) is 37.4 Å². The van der Waals surface area contributed by atoms with Crippen molar-refractivity contribution in [2.75, 3.05) is 13.1 Å². The average molecular weight is 281 g/mol. The standard InChI is InChI=1S/C15H23NO2S/c1-3-11-16(12-4-2)19(17,18)15-9-7-14(8-10-15)13-5-6-13/h7-10,13H,3-6,11-12H2,1-2H3. The zero-order chi connectivity index (χ0) is 13.9. The maximum absolute atomic E-state index is 12.5. The van der Waals surface area contributed by atoms with Crippen LogP contribution in [-0.4, -0.2) is 25.8 Å². The second-order valence-corrected chi connectivity index (χ2v) is 7.19. The van der Waals surface area contributed by atoms with Gasteiger partial charge in [-0.1, -0.05) is 26.0 Å². The molecule has 0 bridgehead atoms. The summed E-state index contributed by atoms with van der Waals surface area (Å²) < 4.78 is 26.7. The zero-order valence-corrected chi connectivity index (χ0v) is 12.6. The van der Waals surface area contributed by atoms with Crippen molar-refractivity contribution in [3.63, 3.8) is 0 Å². The molecule has 106 valence electrons. The monoisotopic (exact) mass is 281 g/mol. The molecule has 0 N–H and O–H groups in total. The van der Waals surface area contributed by atoms with Gasteiger partial charge in [-0.25, -0.2) is 8.42 Å². The molecule has 4 heteroatoms. The Morgan fingerprint density at radius 2 is 1.58 bits per heavy atom. The van der Waals surface area contributed by atoms with Crippen molar-refractivity contribution >= 4 is 10.0 Å². The van der Waals surface area contributed by atoms with Gasteiger partial charge in [0.15, 0.2) is 0 Å². The Bertz CT molecular complexity index is 497. The van der Waals surface area contributed by atoms with Gasteiger partial charge in [0.2, 0.25) is 10.0 Å². The number of rotatable bonds is 7. The third-order valence-electron chi connectivity index (χ3n) is 3.51. The number of benzene rings is 1. The van der Waals surface area contributed by atoms with E-state index in [9.17, 15) is 8.42 Å². The Balaban J connectivity index is 2.20. The van der Waals surface area contributed by atoms with E-state index in [1.807, 2.05) is 26.0 Å². The average Bonchev–Trinajstić information content (AvgIpc) is 3.23. The molecular formula is C15H23NO2S. The Kier molecular flexibility index (Phi) is 4.63. The molecule has 1 aromatic carbocycles. The van der Waals surface area contributed by atoms with Gasteiger partial charge in [0.05, 0.1) is 4.90 Å². The van der Waals surface area contributed by atoms with Crippen molar-refractivity contribution in [1.82, 2.24) is 4.31 Å². The normalized spacial score (nSPS) is 15.9. The van der Waals surface area contributed by atoms with Gasteiger partial charge in [0, 0.05) is 13.1 Å². The number of sulfonamides is 1. The van der Waals surface area contributed by atoms with Gasteiger partial charge >= 0.3 is 0 Å². The largest absolute Gasteiger partial charge is 0.243 e. The maximum Gasteiger partial charge on any atom is 0.243 e. The minimum absolute atomic E-state index is 0.429. The molecule has 0 radical (unpaired) electrons. The predicted molar refractivity (Wildman–Crippen MR) is 77.8 cm³/mol. The lowest BCUT2D eigenvalue weighted by molar-refractivity contribution is 0.410. The number of nitrogens with zero attached hydrogens (tertiary/aromatic N) is 1. The fourth-order valence-electron chi connectivity index (χ4n) is 2.33. The maximum atomic E-state index is 12.5. The van der Waals surface area contributed by atoms with Gasteiger partial charge in [-0.2, -0.15) is 4.31 Å². The van der Waals surface area contributed by atoms with Crippen LogP contribution >= 0.6 is 0 Å². The third-order valence-corrected chi connectivity index (χ3v) is 5.43. The molecule has 0 aliphatic heterocycles. The summed E-state index contributed by atoms with van der Waals surface area (Å²) in [6, 6.07) is 7.48. The lowest BCUT2D eigenvalue weighted by Crippen LogP contribution is -2.32. The summed E-state index contributed by atoms with van der Waals surface area (Å²) in [6.45, 7) is 5.21. The van der Waals surface area contributed by atoms with E-state index in [4.69, 9.17) is 0 Å². The van der Waals surface area contributed by atoms with Gasteiger partial charge in [-0.15, -0.1) is 0 Å². The Hall–Kier alpha value is -0.870. The first kappa shape index (κ1) is 14.5. The summed E-state index contributed by atoms with van der Waals surface area (Å²) >= 11 is 0. The molecule has 0 saturated heterocycles. The van der Waals surface area contributed by atoms with E-state index in [-0.39, 0.29) is 0 Å². The van der Waals surface area contributed by atoms with Gasteiger partial charge < -0.3 is 0 Å². The van der Waals surface area contributed by atoms with E-state index >= 15 is 0 Å². The molecule has 0 amide bonds. The molecule has 1 saturated carbocycles. The lowest BCUT2D eigenvalue weighted by atomic mass is 10.1. The van der Waals surface area contributed by atoms with Crippen LogP contribution in [0.3, 0.4) is 0 Å². The van der Waals surface area contributed by atoms with Crippen LogP contribution in [-0.2, 0) is 10.0 Å². The molecule has 1 aromatic rings. The summed E-state index contributed by atoms with van der Waals surface area (Å²) in [6.07, 6.45) is 4.17. The van der Waals surface area contributed by atoms with Crippen molar-refractivity contribution in [2.24, 2.45) is 0 Å². The molecule has 19 heavy (non-hydrogen) atoms. The SMILES string of the molecule is CCCN(CCC)S(=O)(=O)c1ccc(C2CC2)cc1. The van der Waals surface area contributed by atoms with Gasteiger partial charge in [0.25, 0.3) is 0 Å². The summed E-state index contributed by atoms with van der Waals surface area (Å²) in [4.78, 5) is 0.429. The second-order valence-electron chi connectivity index (χ2n) is 5.25. The van der Waals surface area contributed by atoms with Crippen molar-refractivity contribution in [3.8, 4) is 0 Å². The van der Waals surface area contributed by atoms with Crippen LogP contribution in [0.4, 0.5) is 0 Å². The van der Waals surface area contributed by atoms with Crippen LogP contribution in [0.15, 0.2) is 29.2 Å². The van der Waals surface area contributed by atoms with Crippen molar-refractivity contribution in [1.29, 1.82) is 0 Å².